The number of aromatic nitrogens is 4. The minimum atomic E-state index is 0.132. The number of hydrogen-bond donors (Lipinski definition) is 2. The summed E-state index contributed by atoms with van der Waals surface area (Å²) in [5.41, 5.74) is 0. The number of nitrogens with one attached hydrogen (secondary N) is 1. The largest absolute Gasteiger partial charge is 0.395 e. The van der Waals surface area contributed by atoms with Crippen LogP contribution in [0.5, 0.6) is 0 Å². The van der Waals surface area contributed by atoms with Gasteiger partial charge in [-0.2, -0.15) is 0 Å². The number of H-pyrrole nitrogens is 1. The third-order valence-electron chi connectivity index (χ3n) is 2.85. The lowest BCUT2D eigenvalue weighted by Gasteiger charge is -2.20. The highest BCUT2D eigenvalue weighted by molar-refractivity contribution is 4.94. The van der Waals surface area contributed by atoms with E-state index in [1.54, 1.807) is 12.4 Å². The number of aromatic amines is 1. The van der Waals surface area contributed by atoms with Crippen molar-refractivity contribution in [3.8, 4) is 0 Å². The zero-order valence-corrected chi connectivity index (χ0v) is 10.6. The second-order valence-corrected chi connectivity index (χ2v) is 4.10. The van der Waals surface area contributed by atoms with Crippen molar-refractivity contribution in [3.63, 3.8) is 0 Å². The fraction of sp³-hybridized carbons (Fsp3) is 0.500. The number of aryl methyl sites for hydroxylation is 1. The van der Waals surface area contributed by atoms with Crippen LogP contribution in [0.25, 0.3) is 0 Å². The number of rotatable bonds is 7. The van der Waals surface area contributed by atoms with Crippen LogP contribution in [0.15, 0.2) is 24.8 Å². The molecule has 2 heterocycles. The SMILES string of the molecule is CCn1ccnc1CN(CCO)Cc1ncc[nH]1. The Morgan fingerprint density at radius 3 is 2.89 bits per heavy atom. The molecule has 0 aliphatic carbocycles. The van der Waals surface area contributed by atoms with E-state index in [9.17, 15) is 0 Å². The van der Waals surface area contributed by atoms with Crippen molar-refractivity contribution in [1.82, 2.24) is 24.4 Å². The summed E-state index contributed by atoms with van der Waals surface area (Å²) in [5.74, 6) is 1.91. The van der Waals surface area contributed by atoms with Crippen molar-refractivity contribution < 1.29 is 5.11 Å². The highest BCUT2D eigenvalue weighted by atomic mass is 16.3. The van der Waals surface area contributed by atoms with Crippen LogP contribution in [0.1, 0.15) is 18.6 Å². The van der Waals surface area contributed by atoms with Crippen LogP contribution in [0.3, 0.4) is 0 Å². The lowest BCUT2D eigenvalue weighted by atomic mass is 10.4. The molecule has 0 spiro atoms. The van der Waals surface area contributed by atoms with Gasteiger partial charge in [-0.15, -0.1) is 0 Å². The van der Waals surface area contributed by atoms with E-state index >= 15 is 0 Å². The Labute approximate surface area is 106 Å². The zero-order chi connectivity index (χ0) is 12.8. The highest BCUT2D eigenvalue weighted by Crippen LogP contribution is 2.06. The quantitative estimate of drug-likeness (QED) is 0.754. The summed E-state index contributed by atoms with van der Waals surface area (Å²) in [4.78, 5) is 13.7. The van der Waals surface area contributed by atoms with E-state index in [0.29, 0.717) is 19.6 Å². The lowest BCUT2D eigenvalue weighted by Crippen LogP contribution is -2.28. The maximum absolute atomic E-state index is 9.12. The molecular weight excluding hydrogens is 230 g/mol. The van der Waals surface area contributed by atoms with Gasteiger partial charge in [0.25, 0.3) is 0 Å². The molecule has 0 fully saturated rings. The summed E-state index contributed by atoms with van der Waals surface area (Å²) in [6.07, 6.45) is 7.32. The Balaban J connectivity index is 2.01. The first-order valence-corrected chi connectivity index (χ1v) is 6.15. The Bertz CT molecular complexity index is 451. The molecule has 0 bridgehead atoms. The van der Waals surface area contributed by atoms with Gasteiger partial charge in [0.05, 0.1) is 19.7 Å². The molecule has 2 aromatic heterocycles. The van der Waals surface area contributed by atoms with Crippen LogP contribution in [-0.2, 0) is 19.6 Å². The van der Waals surface area contributed by atoms with E-state index in [0.717, 1.165) is 18.2 Å². The summed E-state index contributed by atoms with van der Waals surface area (Å²) in [5, 5.41) is 9.12. The highest BCUT2D eigenvalue weighted by Gasteiger charge is 2.11. The van der Waals surface area contributed by atoms with Crippen LogP contribution >= 0.6 is 0 Å². The van der Waals surface area contributed by atoms with Crippen molar-refractivity contribution >= 4 is 0 Å². The number of aliphatic hydroxyl groups is 1. The Hall–Kier alpha value is -1.66. The first-order valence-electron chi connectivity index (χ1n) is 6.15. The monoisotopic (exact) mass is 249 g/mol. The van der Waals surface area contributed by atoms with Crippen molar-refractivity contribution in [2.45, 2.75) is 26.6 Å². The smallest absolute Gasteiger partial charge is 0.122 e. The van der Waals surface area contributed by atoms with Crippen LogP contribution in [0.4, 0.5) is 0 Å². The minimum Gasteiger partial charge on any atom is -0.395 e. The van der Waals surface area contributed by atoms with Gasteiger partial charge >= 0.3 is 0 Å². The molecule has 6 heteroatoms. The van der Waals surface area contributed by atoms with Gasteiger partial charge in [0.2, 0.25) is 0 Å². The molecule has 0 amide bonds. The van der Waals surface area contributed by atoms with E-state index in [1.165, 1.54) is 0 Å². The second kappa shape index (κ2) is 6.32. The molecule has 0 aromatic carbocycles. The molecule has 18 heavy (non-hydrogen) atoms. The average Bonchev–Trinajstić information content (AvgIpc) is 3.00. The summed E-state index contributed by atoms with van der Waals surface area (Å²) in [6, 6.07) is 0. The van der Waals surface area contributed by atoms with Crippen LogP contribution in [-0.4, -0.2) is 42.7 Å². The molecule has 0 radical (unpaired) electrons. The van der Waals surface area contributed by atoms with Crippen molar-refractivity contribution in [3.05, 3.63) is 36.4 Å². The normalized spacial score (nSPS) is 11.3. The summed E-state index contributed by atoms with van der Waals surface area (Å²) >= 11 is 0. The van der Waals surface area contributed by atoms with Gasteiger partial charge in [0, 0.05) is 37.9 Å². The molecular formula is C12H19N5O. The van der Waals surface area contributed by atoms with E-state index in [-0.39, 0.29) is 6.61 Å². The van der Waals surface area contributed by atoms with Crippen molar-refractivity contribution in [2.75, 3.05) is 13.2 Å². The number of aliphatic hydroxyl groups excluding tert-OH is 1. The van der Waals surface area contributed by atoms with Gasteiger partial charge in [-0.05, 0) is 6.92 Å². The molecule has 2 N–H and O–H groups in total. The maximum Gasteiger partial charge on any atom is 0.122 e. The van der Waals surface area contributed by atoms with Gasteiger partial charge in [-0.25, -0.2) is 9.97 Å². The molecule has 0 aliphatic rings. The Kier molecular flexibility index (Phi) is 4.49. The van der Waals surface area contributed by atoms with Gasteiger partial charge < -0.3 is 14.7 Å². The molecule has 0 saturated carbocycles. The second-order valence-electron chi connectivity index (χ2n) is 4.10. The zero-order valence-electron chi connectivity index (χ0n) is 10.6. The molecule has 2 aromatic rings. The fourth-order valence-corrected chi connectivity index (χ4v) is 1.93. The van der Waals surface area contributed by atoms with Gasteiger partial charge in [0.1, 0.15) is 11.6 Å². The summed E-state index contributed by atoms with van der Waals surface area (Å²) in [7, 11) is 0. The molecule has 2 rings (SSSR count). The van der Waals surface area contributed by atoms with Gasteiger partial charge in [-0.1, -0.05) is 0 Å². The maximum atomic E-state index is 9.12. The standard InChI is InChI=1S/C12H19N5O/c1-2-17-6-5-15-12(17)10-16(7-8-18)9-11-13-3-4-14-11/h3-6,18H,2,7-10H2,1H3,(H,13,14). The first-order chi connectivity index (χ1) is 8.83. The molecule has 0 atom stereocenters. The molecule has 0 unspecified atom stereocenters. The van der Waals surface area contributed by atoms with Crippen LogP contribution in [0, 0.1) is 0 Å². The van der Waals surface area contributed by atoms with Crippen molar-refractivity contribution in [2.24, 2.45) is 0 Å². The summed E-state index contributed by atoms with van der Waals surface area (Å²) < 4.78 is 2.10. The predicted molar refractivity (Wildman–Crippen MR) is 67.7 cm³/mol. The van der Waals surface area contributed by atoms with Crippen LogP contribution < -0.4 is 0 Å². The molecule has 6 nitrogen and oxygen atoms in total. The number of nitrogens with zero attached hydrogens (tertiary/aromatic N) is 4. The van der Waals surface area contributed by atoms with Crippen molar-refractivity contribution in [1.29, 1.82) is 0 Å². The number of imidazole rings is 2. The Morgan fingerprint density at radius 2 is 2.22 bits per heavy atom. The predicted octanol–water partition coefficient (Wildman–Crippen LogP) is 0.621. The average molecular weight is 249 g/mol. The summed E-state index contributed by atoms with van der Waals surface area (Å²) in [6.45, 7) is 5.13. The first kappa shape index (κ1) is 12.8. The minimum absolute atomic E-state index is 0.132. The molecule has 98 valence electrons. The van der Waals surface area contributed by atoms with E-state index in [1.807, 2.05) is 12.4 Å². The fourth-order valence-electron chi connectivity index (χ4n) is 1.93. The van der Waals surface area contributed by atoms with E-state index in [2.05, 4.69) is 31.3 Å². The van der Waals surface area contributed by atoms with Gasteiger partial charge in [-0.3, -0.25) is 4.90 Å². The molecule has 0 saturated heterocycles. The van der Waals surface area contributed by atoms with Gasteiger partial charge in [0.15, 0.2) is 0 Å². The third-order valence-corrected chi connectivity index (χ3v) is 2.85. The topological polar surface area (TPSA) is 70.0 Å². The molecule has 0 aliphatic heterocycles. The lowest BCUT2D eigenvalue weighted by molar-refractivity contribution is 0.177. The third kappa shape index (κ3) is 3.18. The van der Waals surface area contributed by atoms with Crippen LogP contribution in [0.2, 0.25) is 0 Å². The van der Waals surface area contributed by atoms with E-state index < -0.39 is 0 Å². The Morgan fingerprint density at radius 1 is 1.33 bits per heavy atom. The number of hydrogen-bond acceptors (Lipinski definition) is 4. The van der Waals surface area contributed by atoms with E-state index in [4.69, 9.17) is 5.11 Å².